The van der Waals surface area contributed by atoms with E-state index in [2.05, 4.69) is 17.9 Å². The Balaban J connectivity index is 1.84. The normalized spacial score (nSPS) is 13.6. The molecule has 0 saturated carbocycles. The number of hydrogen-bond acceptors (Lipinski definition) is 3. The molecule has 0 bridgehead atoms. The van der Waals surface area contributed by atoms with Crippen LogP contribution in [0.3, 0.4) is 0 Å². The topological polar surface area (TPSA) is 31.4 Å². The lowest BCUT2D eigenvalue weighted by Gasteiger charge is -2.06. The predicted molar refractivity (Wildman–Crippen MR) is 71.5 cm³/mol. The van der Waals surface area contributed by atoms with Crippen LogP contribution < -0.4 is 10.2 Å². The molecule has 1 aliphatic rings. The van der Waals surface area contributed by atoms with Crippen molar-refractivity contribution in [3.05, 3.63) is 47.7 Å². The average molecular weight is 239 g/mol. The van der Waals surface area contributed by atoms with Gasteiger partial charge in [-0.25, -0.2) is 4.98 Å². The van der Waals surface area contributed by atoms with Crippen LogP contribution in [0.2, 0.25) is 6.82 Å². The van der Waals surface area contributed by atoms with Crippen molar-refractivity contribution in [2.24, 2.45) is 0 Å². The number of aryl methyl sites for hydroxylation is 1. The SMILES string of the molecule is CB1OCc2cc(Oc3ccc(C)cn3)ccc21. The van der Waals surface area contributed by atoms with Crippen LogP contribution in [0, 0.1) is 6.92 Å². The van der Waals surface area contributed by atoms with Crippen molar-refractivity contribution in [2.75, 3.05) is 0 Å². The zero-order valence-electron chi connectivity index (χ0n) is 10.5. The van der Waals surface area contributed by atoms with Gasteiger partial charge in [-0.15, -0.1) is 0 Å². The molecule has 0 spiro atoms. The number of fused-ring (bicyclic) bond motifs is 1. The van der Waals surface area contributed by atoms with Crippen molar-refractivity contribution in [2.45, 2.75) is 20.4 Å². The van der Waals surface area contributed by atoms with Gasteiger partial charge in [-0.05, 0) is 35.6 Å². The third-order valence-corrected chi connectivity index (χ3v) is 3.15. The minimum atomic E-state index is 0.187. The first-order valence-electron chi connectivity index (χ1n) is 6.07. The lowest BCUT2D eigenvalue weighted by Crippen LogP contribution is -2.23. The van der Waals surface area contributed by atoms with Crippen LogP contribution in [0.1, 0.15) is 11.1 Å². The van der Waals surface area contributed by atoms with Gasteiger partial charge in [-0.1, -0.05) is 19.0 Å². The first-order chi connectivity index (χ1) is 8.72. The molecule has 0 saturated heterocycles. The van der Waals surface area contributed by atoms with Gasteiger partial charge in [0, 0.05) is 12.3 Å². The molecule has 1 aromatic heterocycles. The smallest absolute Gasteiger partial charge is 0.324 e. The maximum atomic E-state index is 5.73. The van der Waals surface area contributed by atoms with Gasteiger partial charge in [0.1, 0.15) is 5.75 Å². The molecule has 3 nitrogen and oxygen atoms in total. The average Bonchev–Trinajstić information content (AvgIpc) is 2.74. The van der Waals surface area contributed by atoms with Crippen molar-refractivity contribution >= 4 is 12.4 Å². The molecule has 1 aromatic carbocycles. The highest BCUT2D eigenvalue weighted by molar-refractivity contribution is 6.67. The quantitative estimate of drug-likeness (QED) is 0.754. The third kappa shape index (κ3) is 2.11. The first kappa shape index (κ1) is 11.3. The van der Waals surface area contributed by atoms with Crippen molar-refractivity contribution in [3.8, 4) is 11.6 Å². The molecule has 0 amide bonds. The van der Waals surface area contributed by atoms with E-state index in [0.717, 1.165) is 11.3 Å². The summed E-state index contributed by atoms with van der Waals surface area (Å²) in [5.41, 5.74) is 3.57. The summed E-state index contributed by atoms with van der Waals surface area (Å²) in [5.74, 6) is 1.43. The molecule has 1 aliphatic heterocycles. The van der Waals surface area contributed by atoms with Crippen LogP contribution in [0.15, 0.2) is 36.5 Å². The van der Waals surface area contributed by atoms with E-state index in [-0.39, 0.29) is 6.92 Å². The van der Waals surface area contributed by atoms with Crippen molar-refractivity contribution in [1.82, 2.24) is 4.98 Å². The van der Waals surface area contributed by atoms with E-state index in [1.54, 1.807) is 6.20 Å². The molecule has 2 aromatic rings. The molecule has 18 heavy (non-hydrogen) atoms. The summed E-state index contributed by atoms with van der Waals surface area (Å²) >= 11 is 0. The van der Waals surface area contributed by atoms with E-state index in [9.17, 15) is 0 Å². The van der Waals surface area contributed by atoms with Gasteiger partial charge in [0.2, 0.25) is 5.88 Å². The molecule has 0 N–H and O–H groups in total. The van der Waals surface area contributed by atoms with Gasteiger partial charge in [0.05, 0.1) is 6.61 Å². The Morgan fingerprint density at radius 2 is 2.17 bits per heavy atom. The van der Waals surface area contributed by atoms with Gasteiger partial charge in [0.25, 0.3) is 0 Å². The molecule has 0 unspecified atom stereocenters. The van der Waals surface area contributed by atoms with Gasteiger partial charge in [-0.2, -0.15) is 0 Å². The number of ether oxygens (including phenoxy) is 1. The lowest BCUT2D eigenvalue weighted by atomic mass is 9.64. The van der Waals surface area contributed by atoms with E-state index in [0.29, 0.717) is 12.5 Å². The Hall–Kier alpha value is -1.81. The van der Waals surface area contributed by atoms with E-state index in [4.69, 9.17) is 9.39 Å². The molecule has 90 valence electrons. The summed E-state index contributed by atoms with van der Waals surface area (Å²) in [4.78, 5) is 4.23. The first-order valence-corrected chi connectivity index (χ1v) is 6.07. The molecule has 0 atom stereocenters. The fourth-order valence-electron chi connectivity index (χ4n) is 2.11. The number of hydrogen-bond donors (Lipinski definition) is 0. The lowest BCUT2D eigenvalue weighted by molar-refractivity contribution is 0.333. The van der Waals surface area contributed by atoms with Gasteiger partial charge < -0.3 is 9.39 Å². The number of nitrogens with zero attached hydrogens (tertiary/aromatic N) is 1. The van der Waals surface area contributed by atoms with Crippen molar-refractivity contribution < 1.29 is 9.39 Å². The highest BCUT2D eigenvalue weighted by Crippen LogP contribution is 2.22. The molecular formula is C14H14BNO2. The van der Waals surface area contributed by atoms with Gasteiger partial charge in [-0.3, -0.25) is 0 Å². The standard InChI is InChI=1S/C14H14BNO2/c1-10-3-6-14(16-8-10)18-12-4-5-13-11(7-12)9-17-15(13)2/h3-8H,9H2,1-2H3. The molecule has 0 aliphatic carbocycles. The molecule has 3 rings (SSSR count). The van der Waals surface area contributed by atoms with Crippen LogP contribution >= 0.6 is 0 Å². The summed E-state index contributed by atoms with van der Waals surface area (Å²) in [6.45, 7) is 4.92. The van der Waals surface area contributed by atoms with E-state index in [1.165, 1.54) is 11.0 Å². The minimum Gasteiger partial charge on any atom is -0.439 e. The second-order valence-electron chi connectivity index (χ2n) is 4.59. The predicted octanol–water partition coefficient (Wildman–Crippen LogP) is 2.54. The minimum absolute atomic E-state index is 0.187. The number of rotatable bonds is 2. The fraction of sp³-hybridized carbons (Fsp3) is 0.214. The maximum absolute atomic E-state index is 5.73. The van der Waals surface area contributed by atoms with Crippen LogP contribution in [-0.2, 0) is 11.3 Å². The van der Waals surface area contributed by atoms with Crippen LogP contribution in [-0.4, -0.2) is 11.9 Å². The second-order valence-corrected chi connectivity index (χ2v) is 4.59. The Morgan fingerprint density at radius 1 is 1.28 bits per heavy atom. The Morgan fingerprint density at radius 3 is 2.94 bits per heavy atom. The molecular weight excluding hydrogens is 225 g/mol. The zero-order valence-corrected chi connectivity index (χ0v) is 10.5. The number of pyridine rings is 1. The largest absolute Gasteiger partial charge is 0.439 e. The van der Waals surface area contributed by atoms with Crippen LogP contribution in [0.5, 0.6) is 11.6 Å². The summed E-state index contributed by atoms with van der Waals surface area (Å²) in [7, 11) is 0. The van der Waals surface area contributed by atoms with E-state index < -0.39 is 0 Å². The molecule has 0 fully saturated rings. The Bertz CT molecular complexity index is 569. The summed E-state index contributed by atoms with van der Waals surface area (Å²) in [6, 6.07) is 9.92. The Labute approximate surface area is 107 Å². The van der Waals surface area contributed by atoms with Gasteiger partial charge in [0.15, 0.2) is 0 Å². The molecule has 2 heterocycles. The highest BCUT2D eigenvalue weighted by Gasteiger charge is 2.23. The van der Waals surface area contributed by atoms with E-state index in [1.807, 2.05) is 31.2 Å². The van der Waals surface area contributed by atoms with Crippen LogP contribution in [0.25, 0.3) is 0 Å². The monoisotopic (exact) mass is 239 g/mol. The number of benzene rings is 1. The van der Waals surface area contributed by atoms with Crippen molar-refractivity contribution in [1.29, 1.82) is 0 Å². The Kier molecular flexibility index (Phi) is 2.80. The number of aromatic nitrogens is 1. The summed E-state index contributed by atoms with van der Waals surface area (Å²) in [6.07, 6.45) is 1.80. The fourth-order valence-corrected chi connectivity index (χ4v) is 2.11. The second kappa shape index (κ2) is 4.46. The molecule has 4 heteroatoms. The van der Waals surface area contributed by atoms with Gasteiger partial charge >= 0.3 is 6.92 Å². The van der Waals surface area contributed by atoms with E-state index >= 15 is 0 Å². The third-order valence-electron chi connectivity index (χ3n) is 3.15. The zero-order chi connectivity index (χ0) is 12.5. The summed E-state index contributed by atoms with van der Waals surface area (Å²) in [5, 5.41) is 0. The maximum Gasteiger partial charge on any atom is 0.324 e. The van der Waals surface area contributed by atoms with Crippen molar-refractivity contribution in [3.63, 3.8) is 0 Å². The highest BCUT2D eigenvalue weighted by atomic mass is 16.5. The molecule has 0 radical (unpaired) electrons. The summed E-state index contributed by atoms with van der Waals surface area (Å²) < 4.78 is 11.3. The van der Waals surface area contributed by atoms with Crippen LogP contribution in [0.4, 0.5) is 0 Å².